The maximum Gasteiger partial charge on any atom is 0.133 e. The minimum Gasteiger partial charge on any atom is -0.496 e. The second kappa shape index (κ2) is 6.99. The van der Waals surface area contributed by atoms with Crippen LogP contribution in [0.5, 0.6) is 5.75 Å². The van der Waals surface area contributed by atoms with Gasteiger partial charge in [0, 0.05) is 11.7 Å². The fourth-order valence-electron chi connectivity index (χ4n) is 2.26. The molecule has 21 heavy (non-hydrogen) atoms. The highest BCUT2D eigenvalue weighted by atomic mass is 79.9. The second-order valence-corrected chi connectivity index (χ2v) is 6.39. The Morgan fingerprint density at radius 1 is 0.952 bits per heavy atom. The van der Waals surface area contributed by atoms with Crippen molar-refractivity contribution in [2.45, 2.75) is 32.7 Å². The fourth-order valence-corrected chi connectivity index (χ4v) is 2.80. The zero-order chi connectivity index (χ0) is 15.4. The SMILES string of the molecule is COc1ccc(NC(C)c2ccc(C(C)C)cc2)cc1Br. The first-order valence-corrected chi connectivity index (χ1v) is 8.00. The predicted octanol–water partition coefficient (Wildman–Crippen LogP) is 5.75. The highest BCUT2D eigenvalue weighted by molar-refractivity contribution is 9.10. The molecular weight excluding hydrogens is 326 g/mol. The number of halogens is 1. The zero-order valence-electron chi connectivity index (χ0n) is 13.0. The van der Waals surface area contributed by atoms with Crippen LogP contribution in [-0.2, 0) is 0 Å². The maximum absolute atomic E-state index is 5.25. The van der Waals surface area contributed by atoms with Crippen molar-refractivity contribution < 1.29 is 4.74 Å². The molecule has 0 aromatic heterocycles. The van der Waals surface area contributed by atoms with Gasteiger partial charge in [-0.15, -0.1) is 0 Å². The highest BCUT2D eigenvalue weighted by Crippen LogP contribution is 2.29. The molecule has 0 heterocycles. The van der Waals surface area contributed by atoms with Crippen LogP contribution < -0.4 is 10.1 Å². The van der Waals surface area contributed by atoms with Crippen molar-refractivity contribution in [3.63, 3.8) is 0 Å². The molecule has 0 amide bonds. The van der Waals surface area contributed by atoms with Gasteiger partial charge in [0.2, 0.25) is 0 Å². The first-order valence-electron chi connectivity index (χ1n) is 7.21. The van der Waals surface area contributed by atoms with Gasteiger partial charge < -0.3 is 10.1 Å². The quantitative estimate of drug-likeness (QED) is 0.742. The van der Waals surface area contributed by atoms with Crippen LogP contribution in [0.15, 0.2) is 46.9 Å². The van der Waals surface area contributed by atoms with Crippen LogP contribution in [-0.4, -0.2) is 7.11 Å². The molecule has 0 aliphatic heterocycles. The molecular formula is C18H22BrNO. The summed E-state index contributed by atoms with van der Waals surface area (Å²) in [6.45, 7) is 6.60. The van der Waals surface area contributed by atoms with E-state index in [1.807, 2.05) is 18.2 Å². The number of methoxy groups -OCH3 is 1. The molecule has 0 spiro atoms. The molecule has 112 valence electrons. The normalized spacial score (nSPS) is 12.3. The molecule has 0 fully saturated rings. The van der Waals surface area contributed by atoms with Crippen LogP contribution in [0.3, 0.4) is 0 Å². The van der Waals surface area contributed by atoms with Gasteiger partial charge in [-0.25, -0.2) is 0 Å². The highest BCUT2D eigenvalue weighted by Gasteiger charge is 2.08. The first-order chi connectivity index (χ1) is 10.0. The number of hydrogen-bond donors (Lipinski definition) is 1. The maximum atomic E-state index is 5.25. The number of ether oxygens (including phenoxy) is 1. The van der Waals surface area contributed by atoms with Gasteiger partial charge in [-0.05, 0) is 58.1 Å². The number of anilines is 1. The lowest BCUT2D eigenvalue weighted by atomic mass is 9.99. The third-order valence-electron chi connectivity index (χ3n) is 3.64. The summed E-state index contributed by atoms with van der Waals surface area (Å²) in [6.07, 6.45) is 0. The van der Waals surface area contributed by atoms with E-state index in [0.29, 0.717) is 5.92 Å². The van der Waals surface area contributed by atoms with Crippen LogP contribution in [0.4, 0.5) is 5.69 Å². The van der Waals surface area contributed by atoms with E-state index in [9.17, 15) is 0 Å². The van der Waals surface area contributed by atoms with Gasteiger partial charge in [0.25, 0.3) is 0 Å². The summed E-state index contributed by atoms with van der Waals surface area (Å²) < 4.78 is 6.21. The number of rotatable bonds is 5. The molecule has 0 aliphatic rings. The van der Waals surface area contributed by atoms with Gasteiger partial charge in [-0.1, -0.05) is 38.1 Å². The monoisotopic (exact) mass is 347 g/mol. The van der Waals surface area contributed by atoms with Gasteiger partial charge in [0.1, 0.15) is 5.75 Å². The number of hydrogen-bond acceptors (Lipinski definition) is 2. The minimum atomic E-state index is 0.256. The van der Waals surface area contributed by atoms with Gasteiger partial charge in [0.05, 0.1) is 11.6 Å². The Balaban J connectivity index is 2.10. The Kier molecular flexibility index (Phi) is 5.29. The van der Waals surface area contributed by atoms with E-state index in [1.54, 1.807) is 7.11 Å². The first kappa shape index (κ1) is 15.9. The topological polar surface area (TPSA) is 21.3 Å². The lowest BCUT2D eigenvalue weighted by Gasteiger charge is -2.17. The average Bonchev–Trinajstić information content (AvgIpc) is 2.47. The van der Waals surface area contributed by atoms with Crippen molar-refractivity contribution in [1.82, 2.24) is 0 Å². The van der Waals surface area contributed by atoms with E-state index in [2.05, 4.69) is 66.3 Å². The summed E-state index contributed by atoms with van der Waals surface area (Å²) in [5.41, 5.74) is 3.73. The lowest BCUT2D eigenvalue weighted by molar-refractivity contribution is 0.412. The molecule has 1 unspecified atom stereocenters. The third kappa shape index (κ3) is 4.01. The molecule has 1 N–H and O–H groups in total. The molecule has 0 bridgehead atoms. The van der Waals surface area contributed by atoms with Crippen molar-refractivity contribution in [3.05, 3.63) is 58.1 Å². The van der Waals surface area contributed by atoms with Crippen molar-refractivity contribution in [2.24, 2.45) is 0 Å². The summed E-state index contributed by atoms with van der Waals surface area (Å²) >= 11 is 3.51. The van der Waals surface area contributed by atoms with Crippen LogP contribution in [0.2, 0.25) is 0 Å². The number of benzene rings is 2. The second-order valence-electron chi connectivity index (χ2n) is 5.54. The molecule has 3 heteroatoms. The summed E-state index contributed by atoms with van der Waals surface area (Å²) in [6, 6.07) is 15.1. The standard InChI is InChI=1S/C18H22BrNO/c1-12(2)14-5-7-15(8-6-14)13(3)20-16-9-10-18(21-4)17(19)11-16/h5-13,20H,1-4H3. The van der Waals surface area contributed by atoms with Crippen molar-refractivity contribution in [3.8, 4) is 5.75 Å². The van der Waals surface area contributed by atoms with Gasteiger partial charge >= 0.3 is 0 Å². The van der Waals surface area contributed by atoms with Crippen molar-refractivity contribution in [1.29, 1.82) is 0 Å². The van der Waals surface area contributed by atoms with Gasteiger partial charge in [-0.3, -0.25) is 0 Å². The molecule has 1 atom stereocenters. The van der Waals surface area contributed by atoms with Crippen LogP contribution in [0.25, 0.3) is 0 Å². The number of nitrogens with one attached hydrogen (secondary N) is 1. The molecule has 0 aliphatic carbocycles. The Morgan fingerprint density at radius 3 is 2.10 bits per heavy atom. The Morgan fingerprint density at radius 2 is 1.57 bits per heavy atom. The zero-order valence-corrected chi connectivity index (χ0v) is 14.6. The predicted molar refractivity (Wildman–Crippen MR) is 93.3 cm³/mol. The van der Waals surface area contributed by atoms with E-state index in [4.69, 9.17) is 4.74 Å². The minimum absolute atomic E-state index is 0.256. The van der Waals surface area contributed by atoms with E-state index in [1.165, 1.54) is 11.1 Å². The molecule has 2 aromatic carbocycles. The molecule has 2 rings (SSSR count). The molecule has 0 radical (unpaired) electrons. The van der Waals surface area contributed by atoms with Crippen LogP contribution in [0.1, 0.15) is 43.9 Å². The van der Waals surface area contributed by atoms with E-state index < -0.39 is 0 Å². The van der Waals surface area contributed by atoms with E-state index in [0.717, 1.165) is 15.9 Å². The van der Waals surface area contributed by atoms with E-state index >= 15 is 0 Å². The Labute approximate surface area is 135 Å². The van der Waals surface area contributed by atoms with Crippen LogP contribution >= 0.6 is 15.9 Å². The summed E-state index contributed by atoms with van der Waals surface area (Å²) in [5.74, 6) is 1.41. The largest absolute Gasteiger partial charge is 0.496 e. The molecule has 2 nitrogen and oxygen atoms in total. The van der Waals surface area contributed by atoms with Gasteiger partial charge in [0.15, 0.2) is 0 Å². The Bertz CT molecular complexity index is 593. The summed E-state index contributed by atoms with van der Waals surface area (Å²) in [4.78, 5) is 0. The lowest BCUT2D eigenvalue weighted by Crippen LogP contribution is -2.06. The van der Waals surface area contributed by atoms with E-state index in [-0.39, 0.29) is 6.04 Å². The summed E-state index contributed by atoms with van der Waals surface area (Å²) in [7, 11) is 1.67. The van der Waals surface area contributed by atoms with Crippen LogP contribution in [0, 0.1) is 0 Å². The smallest absolute Gasteiger partial charge is 0.133 e. The average molecular weight is 348 g/mol. The van der Waals surface area contributed by atoms with Crippen molar-refractivity contribution in [2.75, 3.05) is 12.4 Å². The van der Waals surface area contributed by atoms with Gasteiger partial charge in [-0.2, -0.15) is 0 Å². The molecule has 2 aromatic rings. The third-order valence-corrected chi connectivity index (χ3v) is 4.26. The Hall–Kier alpha value is -1.48. The summed E-state index contributed by atoms with van der Waals surface area (Å²) in [5, 5.41) is 3.51. The fraction of sp³-hybridized carbons (Fsp3) is 0.333. The molecule has 0 saturated carbocycles. The molecule has 0 saturated heterocycles. The van der Waals surface area contributed by atoms with Crippen molar-refractivity contribution >= 4 is 21.6 Å².